The molecule has 0 aliphatic carbocycles. The van der Waals surface area contributed by atoms with Gasteiger partial charge in [-0.3, -0.25) is 9.71 Å². The fraction of sp³-hybridized carbons (Fsp3) is 0.375. The fourth-order valence-electron chi connectivity index (χ4n) is 0.924. The molecule has 1 aromatic heterocycles. The van der Waals surface area contributed by atoms with Crippen LogP contribution in [0.5, 0.6) is 0 Å². The lowest BCUT2D eigenvalue weighted by molar-refractivity contribution is 0.599. The molecule has 6 heteroatoms. The van der Waals surface area contributed by atoms with Crippen LogP contribution in [0.1, 0.15) is 6.42 Å². The monoisotopic (exact) mass is 215 g/mol. The molecule has 0 amide bonds. The van der Waals surface area contributed by atoms with Crippen molar-refractivity contribution in [2.75, 3.05) is 17.0 Å². The number of sulfonamides is 1. The van der Waals surface area contributed by atoms with Crippen molar-refractivity contribution in [3.63, 3.8) is 0 Å². The second-order valence-electron chi connectivity index (χ2n) is 2.80. The summed E-state index contributed by atoms with van der Waals surface area (Å²) in [5.74, 6) is 0.0474. The van der Waals surface area contributed by atoms with Crippen molar-refractivity contribution in [3.8, 4) is 0 Å². The third kappa shape index (κ3) is 3.71. The van der Waals surface area contributed by atoms with Crippen LogP contribution in [0.15, 0.2) is 24.5 Å². The van der Waals surface area contributed by atoms with E-state index in [9.17, 15) is 8.42 Å². The van der Waals surface area contributed by atoms with Crippen LogP contribution in [0.3, 0.4) is 0 Å². The van der Waals surface area contributed by atoms with Crippen molar-refractivity contribution in [3.05, 3.63) is 24.5 Å². The van der Waals surface area contributed by atoms with Gasteiger partial charge in [0.05, 0.1) is 11.4 Å². The van der Waals surface area contributed by atoms with Crippen molar-refractivity contribution in [2.45, 2.75) is 6.42 Å². The van der Waals surface area contributed by atoms with E-state index >= 15 is 0 Å². The first kappa shape index (κ1) is 10.9. The predicted octanol–water partition coefficient (Wildman–Crippen LogP) is 0.172. The number of rotatable bonds is 5. The van der Waals surface area contributed by atoms with Crippen molar-refractivity contribution < 1.29 is 8.42 Å². The van der Waals surface area contributed by atoms with Crippen molar-refractivity contribution in [1.29, 1.82) is 0 Å². The molecule has 78 valence electrons. The van der Waals surface area contributed by atoms with Gasteiger partial charge in [-0.05, 0) is 25.1 Å². The molecule has 5 nitrogen and oxygen atoms in total. The van der Waals surface area contributed by atoms with Gasteiger partial charge >= 0.3 is 0 Å². The summed E-state index contributed by atoms with van der Waals surface area (Å²) < 4.78 is 25.2. The molecule has 0 radical (unpaired) electrons. The smallest absolute Gasteiger partial charge is 0.232 e. The second-order valence-corrected chi connectivity index (χ2v) is 4.64. The molecule has 0 aliphatic heterocycles. The molecule has 1 aromatic rings. The Kier molecular flexibility index (Phi) is 3.84. The standard InChI is InChI=1S/C8H13N3O2S/c9-4-1-7-14(12,13)11-8-2-5-10-6-3-8/h2-3,5-6H,1,4,7,9H2,(H,10,11). The maximum absolute atomic E-state index is 11.4. The molecule has 0 saturated heterocycles. The molecule has 1 heterocycles. The highest BCUT2D eigenvalue weighted by molar-refractivity contribution is 7.92. The van der Waals surface area contributed by atoms with Gasteiger partial charge in [0.15, 0.2) is 0 Å². The molecule has 0 atom stereocenters. The van der Waals surface area contributed by atoms with E-state index in [1.165, 1.54) is 12.4 Å². The summed E-state index contributed by atoms with van der Waals surface area (Å²) in [5, 5.41) is 0. The number of aromatic nitrogens is 1. The van der Waals surface area contributed by atoms with Gasteiger partial charge in [0.1, 0.15) is 0 Å². The summed E-state index contributed by atoms with van der Waals surface area (Å²) in [6.07, 6.45) is 3.52. The Bertz CT molecular complexity index is 363. The Hall–Kier alpha value is -1.14. The van der Waals surface area contributed by atoms with E-state index in [0.717, 1.165) is 0 Å². The average Bonchev–Trinajstić information content (AvgIpc) is 2.16. The minimum atomic E-state index is -3.25. The van der Waals surface area contributed by atoms with Gasteiger partial charge < -0.3 is 5.73 Å². The molecule has 0 spiro atoms. The Morgan fingerprint density at radius 3 is 2.57 bits per heavy atom. The quantitative estimate of drug-likeness (QED) is 0.733. The lowest BCUT2D eigenvalue weighted by atomic mass is 10.4. The minimum Gasteiger partial charge on any atom is -0.330 e. The average molecular weight is 215 g/mol. The van der Waals surface area contributed by atoms with Crippen LogP contribution in [0.25, 0.3) is 0 Å². The summed E-state index contributed by atoms with van der Waals surface area (Å²) >= 11 is 0. The van der Waals surface area contributed by atoms with E-state index in [4.69, 9.17) is 5.73 Å². The third-order valence-electron chi connectivity index (χ3n) is 1.57. The van der Waals surface area contributed by atoms with Gasteiger partial charge in [-0.25, -0.2) is 8.42 Å². The highest BCUT2D eigenvalue weighted by atomic mass is 32.2. The molecule has 0 unspecified atom stereocenters. The molecular formula is C8H13N3O2S. The Labute approximate surface area is 83.4 Å². The number of nitrogens with one attached hydrogen (secondary N) is 1. The Morgan fingerprint density at radius 2 is 2.00 bits per heavy atom. The number of pyridine rings is 1. The molecule has 1 rings (SSSR count). The van der Waals surface area contributed by atoms with Crippen LogP contribution >= 0.6 is 0 Å². The van der Waals surface area contributed by atoms with Crippen LogP contribution in [-0.4, -0.2) is 25.7 Å². The third-order valence-corrected chi connectivity index (χ3v) is 2.94. The zero-order chi connectivity index (χ0) is 10.4. The van der Waals surface area contributed by atoms with E-state index in [0.29, 0.717) is 18.7 Å². The zero-order valence-electron chi connectivity index (χ0n) is 7.68. The molecule has 0 fully saturated rings. The van der Waals surface area contributed by atoms with E-state index in [2.05, 4.69) is 9.71 Å². The van der Waals surface area contributed by atoms with Gasteiger partial charge in [0, 0.05) is 12.4 Å². The van der Waals surface area contributed by atoms with E-state index < -0.39 is 10.0 Å². The number of hydrogen-bond donors (Lipinski definition) is 2. The van der Waals surface area contributed by atoms with Crippen LogP contribution in [0.4, 0.5) is 5.69 Å². The molecule has 3 N–H and O–H groups in total. The lowest BCUT2D eigenvalue weighted by Gasteiger charge is -2.06. The summed E-state index contributed by atoms with van der Waals surface area (Å²) in [4.78, 5) is 3.78. The van der Waals surface area contributed by atoms with Crippen molar-refractivity contribution >= 4 is 15.7 Å². The number of nitrogens with zero attached hydrogens (tertiary/aromatic N) is 1. The topological polar surface area (TPSA) is 85.1 Å². The summed E-state index contributed by atoms with van der Waals surface area (Å²) in [6, 6.07) is 3.19. The predicted molar refractivity (Wildman–Crippen MR) is 55.3 cm³/mol. The van der Waals surface area contributed by atoms with Crippen LogP contribution < -0.4 is 10.5 Å². The lowest BCUT2D eigenvalue weighted by Crippen LogP contribution is -2.18. The van der Waals surface area contributed by atoms with Crippen molar-refractivity contribution in [1.82, 2.24) is 4.98 Å². The molecule has 14 heavy (non-hydrogen) atoms. The first-order chi connectivity index (χ1) is 6.64. The van der Waals surface area contributed by atoms with Crippen LogP contribution in [-0.2, 0) is 10.0 Å². The highest BCUT2D eigenvalue weighted by Crippen LogP contribution is 2.06. The van der Waals surface area contributed by atoms with E-state index in [-0.39, 0.29) is 5.75 Å². The van der Waals surface area contributed by atoms with Crippen LogP contribution in [0.2, 0.25) is 0 Å². The number of anilines is 1. The van der Waals surface area contributed by atoms with Gasteiger partial charge in [0.25, 0.3) is 0 Å². The normalized spacial score (nSPS) is 11.2. The molecular weight excluding hydrogens is 202 g/mol. The Balaban J connectivity index is 2.60. The van der Waals surface area contributed by atoms with Crippen molar-refractivity contribution in [2.24, 2.45) is 5.73 Å². The highest BCUT2D eigenvalue weighted by Gasteiger charge is 2.08. The van der Waals surface area contributed by atoms with Gasteiger partial charge in [0.2, 0.25) is 10.0 Å². The van der Waals surface area contributed by atoms with E-state index in [1.54, 1.807) is 12.1 Å². The second kappa shape index (κ2) is 4.92. The number of hydrogen-bond acceptors (Lipinski definition) is 4. The molecule has 0 aliphatic rings. The summed E-state index contributed by atoms with van der Waals surface area (Å²) in [7, 11) is -3.25. The summed E-state index contributed by atoms with van der Waals surface area (Å²) in [5.41, 5.74) is 5.75. The molecule has 0 aromatic carbocycles. The maximum atomic E-state index is 11.4. The van der Waals surface area contributed by atoms with Gasteiger partial charge in [-0.1, -0.05) is 0 Å². The molecule has 0 saturated carbocycles. The minimum absolute atomic E-state index is 0.0474. The van der Waals surface area contributed by atoms with Crippen LogP contribution in [0, 0.1) is 0 Å². The largest absolute Gasteiger partial charge is 0.330 e. The molecule has 0 bridgehead atoms. The SMILES string of the molecule is NCCCS(=O)(=O)Nc1ccncc1. The first-order valence-electron chi connectivity index (χ1n) is 4.24. The Morgan fingerprint density at radius 1 is 1.36 bits per heavy atom. The van der Waals surface area contributed by atoms with Gasteiger partial charge in [-0.15, -0.1) is 0 Å². The fourth-order valence-corrected chi connectivity index (χ4v) is 2.07. The maximum Gasteiger partial charge on any atom is 0.232 e. The first-order valence-corrected chi connectivity index (χ1v) is 5.90. The van der Waals surface area contributed by atoms with E-state index in [1.807, 2.05) is 0 Å². The summed E-state index contributed by atoms with van der Waals surface area (Å²) in [6.45, 7) is 0.372. The zero-order valence-corrected chi connectivity index (χ0v) is 8.50. The van der Waals surface area contributed by atoms with Gasteiger partial charge in [-0.2, -0.15) is 0 Å². The number of nitrogens with two attached hydrogens (primary N) is 1.